The van der Waals surface area contributed by atoms with Gasteiger partial charge in [0.25, 0.3) is 0 Å². The molecule has 1 unspecified atom stereocenters. The minimum atomic E-state index is -0.500. The average Bonchev–Trinajstić information content (AvgIpc) is 2.15. The third kappa shape index (κ3) is 5.61. The first-order chi connectivity index (χ1) is 7.01. The zero-order valence-electron chi connectivity index (χ0n) is 9.45. The first kappa shape index (κ1) is 13.4. The van der Waals surface area contributed by atoms with Gasteiger partial charge in [-0.1, -0.05) is 6.58 Å². The second-order valence-corrected chi connectivity index (χ2v) is 3.30. The quantitative estimate of drug-likeness (QED) is 0.545. The van der Waals surface area contributed by atoms with Crippen LogP contribution in [-0.2, 0) is 4.79 Å². The van der Waals surface area contributed by atoms with E-state index in [0.717, 1.165) is 0 Å². The van der Waals surface area contributed by atoms with Crippen molar-refractivity contribution in [3.8, 4) is 0 Å². The molecule has 1 atom stereocenters. The minimum Gasteiger partial charge on any atom is -0.352 e. The van der Waals surface area contributed by atoms with Gasteiger partial charge in [-0.2, -0.15) is 0 Å². The summed E-state index contributed by atoms with van der Waals surface area (Å²) in [7, 11) is 0. The Morgan fingerprint density at radius 2 is 2.07 bits per heavy atom. The van der Waals surface area contributed by atoms with E-state index in [-0.39, 0.29) is 20.8 Å². The summed E-state index contributed by atoms with van der Waals surface area (Å²) in [4.78, 5) is 19.1. The third-order valence-electron chi connectivity index (χ3n) is 1.51. The Kier molecular flexibility index (Phi) is 6.01. The highest BCUT2D eigenvalue weighted by Crippen LogP contribution is 1.92. The van der Waals surface area contributed by atoms with Crippen molar-refractivity contribution in [2.75, 3.05) is 0 Å². The molecule has 1 amide bonds. The number of aliphatic imine (C=N–C) groups is 2. The molecule has 2 N–H and O–H groups in total. The molecule has 0 aromatic carbocycles. The van der Waals surface area contributed by atoms with Crippen molar-refractivity contribution in [2.45, 2.75) is 32.9 Å². The predicted octanol–water partition coefficient (Wildman–Crippen LogP) is 1.18. The summed E-state index contributed by atoms with van der Waals surface area (Å²) < 4.78 is 0. The average molecular weight is 214 g/mol. The Labute approximate surface area is 93.4 Å². The summed E-state index contributed by atoms with van der Waals surface area (Å²) in [5, 5.41) is 5.43. The monoisotopic (exact) mass is 214 g/mol. The molecule has 0 saturated carbocycles. The van der Waals surface area contributed by atoms with E-state index in [1.54, 1.807) is 6.92 Å². The number of hydrogen-bond donors (Lipinski definition) is 2. The van der Waals surface area contributed by atoms with E-state index in [1.165, 1.54) is 6.20 Å². The molecule has 5 nitrogen and oxygen atoms in total. The summed E-state index contributed by atoms with van der Waals surface area (Å²) in [6, 6.07) is -0.400. The highest BCUT2D eigenvalue weighted by Gasteiger charge is 2.12. The van der Waals surface area contributed by atoms with Crippen LogP contribution in [0.1, 0.15) is 23.6 Å². The number of carbonyl (C=O) groups excluding carboxylic acids is 1. The maximum Gasteiger partial charge on any atom is 0.244 e. The number of amides is 1. The van der Waals surface area contributed by atoms with Gasteiger partial charge >= 0.3 is 0 Å². The van der Waals surface area contributed by atoms with Crippen molar-refractivity contribution in [3.05, 3.63) is 12.8 Å². The molecule has 88 valence electrons. The molecular formula is C10H22N4O. The first-order valence-electron chi connectivity index (χ1n) is 4.73. The molecule has 0 fully saturated rings. The minimum absolute atomic E-state index is 0. The summed E-state index contributed by atoms with van der Waals surface area (Å²) in [6.07, 6.45) is 1.43. The van der Waals surface area contributed by atoms with E-state index >= 15 is 0 Å². The van der Waals surface area contributed by atoms with Gasteiger partial charge in [-0.25, -0.2) is 9.98 Å². The van der Waals surface area contributed by atoms with Crippen LogP contribution in [0.5, 0.6) is 0 Å². The summed E-state index contributed by atoms with van der Waals surface area (Å²) in [6.45, 7) is 12.3. The van der Waals surface area contributed by atoms with E-state index in [2.05, 4.69) is 33.9 Å². The maximum absolute atomic E-state index is 11.5. The fourth-order valence-corrected chi connectivity index (χ4v) is 0.862. The number of hydrogen-bond acceptors (Lipinski definition) is 2. The second-order valence-electron chi connectivity index (χ2n) is 3.30. The molecule has 0 spiro atoms. The molecule has 15 heavy (non-hydrogen) atoms. The van der Waals surface area contributed by atoms with Crippen molar-refractivity contribution in [3.63, 3.8) is 0 Å². The molecule has 0 aromatic heterocycles. The predicted molar refractivity (Wildman–Crippen MR) is 67.3 cm³/mol. The molecule has 0 rings (SSSR count). The lowest BCUT2D eigenvalue weighted by Crippen LogP contribution is -2.37. The van der Waals surface area contributed by atoms with Crippen molar-refractivity contribution in [1.82, 2.24) is 10.6 Å². The maximum atomic E-state index is 11.5. The van der Waals surface area contributed by atoms with Gasteiger partial charge in [0.05, 0.1) is 0 Å². The number of carbonyl (C=O) groups is 1. The Morgan fingerprint density at radius 1 is 1.47 bits per heavy atom. The van der Waals surface area contributed by atoms with E-state index in [0.29, 0.717) is 0 Å². The van der Waals surface area contributed by atoms with Crippen LogP contribution in [0, 0.1) is 0 Å². The Balaban J connectivity index is -0.000000980. The molecule has 0 aliphatic heterocycles. The Bertz CT molecular complexity index is 279. The standard InChI is InChI=1S/C10H18N4O.2H2/c1-6-12-10(11-5)14-8(4)9(15)13-7(2)3;;/h6-8H,1,5H2,2-4H3,(H,12,14)(H,13,15);2*1H. The van der Waals surface area contributed by atoms with Crippen LogP contribution in [-0.4, -0.2) is 30.7 Å². The molecule has 0 radical (unpaired) electrons. The van der Waals surface area contributed by atoms with Crippen molar-refractivity contribution < 1.29 is 7.65 Å². The first-order valence-corrected chi connectivity index (χ1v) is 4.73. The van der Waals surface area contributed by atoms with E-state index < -0.39 is 6.04 Å². The molecule has 0 aliphatic carbocycles. The van der Waals surface area contributed by atoms with Crippen LogP contribution in [0.25, 0.3) is 0 Å². The molecule has 0 aromatic rings. The lowest BCUT2D eigenvalue weighted by atomic mass is 10.3. The van der Waals surface area contributed by atoms with Crippen LogP contribution < -0.4 is 10.6 Å². The van der Waals surface area contributed by atoms with Crippen LogP contribution in [0.15, 0.2) is 22.8 Å². The summed E-state index contributed by atoms with van der Waals surface area (Å²) in [5.74, 6) is 0.147. The molecular weight excluding hydrogens is 192 g/mol. The SMILES string of the molecule is C=CNC(N=C)=NC(C)C(=O)NC(C)C.[HH].[HH]. The van der Waals surface area contributed by atoms with Gasteiger partial charge in [0.15, 0.2) is 0 Å². The fraction of sp³-hybridized carbons (Fsp3) is 0.500. The van der Waals surface area contributed by atoms with Crippen LogP contribution in [0.3, 0.4) is 0 Å². The van der Waals surface area contributed by atoms with E-state index in [4.69, 9.17) is 0 Å². The van der Waals surface area contributed by atoms with Gasteiger partial charge in [-0.3, -0.25) is 4.79 Å². The van der Waals surface area contributed by atoms with Crippen molar-refractivity contribution >= 4 is 18.6 Å². The van der Waals surface area contributed by atoms with E-state index in [1.807, 2.05) is 13.8 Å². The van der Waals surface area contributed by atoms with Gasteiger partial charge in [0.1, 0.15) is 6.04 Å². The largest absolute Gasteiger partial charge is 0.352 e. The Hall–Kier alpha value is -1.65. The molecule has 0 saturated heterocycles. The Morgan fingerprint density at radius 3 is 2.47 bits per heavy atom. The van der Waals surface area contributed by atoms with E-state index in [9.17, 15) is 4.79 Å². The van der Waals surface area contributed by atoms with Gasteiger partial charge < -0.3 is 10.6 Å². The topological polar surface area (TPSA) is 65.8 Å². The highest BCUT2D eigenvalue weighted by atomic mass is 16.2. The van der Waals surface area contributed by atoms with Crippen LogP contribution >= 0.6 is 0 Å². The van der Waals surface area contributed by atoms with Gasteiger partial charge in [0.2, 0.25) is 11.9 Å². The van der Waals surface area contributed by atoms with Gasteiger partial charge in [0, 0.05) is 8.90 Å². The number of rotatable bonds is 4. The van der Waals surface area contributed by atoms with Gasteiger partial charge in [-0.05, 0) is 33.7 Å². The summed E-state index contributed by atoms with van der Waals surface area (Å²) >= 11 is 0. The lowest BCUT2D eigenvalue weighted by molar-refractivity contribution is -0.122. The number of nitrogens with zero attached hydrogens (tertiary/aromatic N) is 2. The molecule has 0 heterocycles. The molecule has 5 heteroatoms. The molecule has 0 aliphatic rings. The smallest absolute Gasteiger partial charge is 0.244 e. The number of guanidine groups is 1. The zero-order valence-corrected chi connectivity index (χ0v) is 9.45. The second kappa shape index (κ2) is 6.75. The van der Waals surface area contributed by atoms with Crippen molar-refractivity contribution in [1.29, 1.82) is 0 Å². The third-order valence-corrected chi connectivity index (χ3v) is 1.51. The van der Waals surface area contributed by atoms with Gasteiger partial charge in [-0.15, -0.1) is 0 Å². The zero-order chi connectivity index (χ0) is 11.8. The van der Waals surface area contributed by atoms with Crippen molar-refractivity contribution in [2.24, 2.45) is 9.98 Å². The highest BCUT2D eigenvalue weighted by molar-refractivity contribution is 5.89. The lowest BCUT2D eigenvalue weighted by Gasteiger charge is -2.11. The normalized spacial score (nSPS) is 13.2. The van der Waals surface area contributed by atoms with Crippen LogP contribution in [0.4, 0.5) is 0 Å². The number of nitrogens with one attached hydrogen (secondary N) is 2. The molecule has 0 bridgehead atoms. The summed E-state index contributed by atoms with van der Waals surface area (Å²) in [5.41, 5.74) is 0. The fourth-order valence-electron chi connectivity index (χ4n) is 0.862. The van der Waals surface area contributed by atoms with Crippen LogP contribution in [0.2, 0.25) is 0 Å².